The van der Waals surface area contributed by atoms with Gasteiger partial charge in [0.25, 0.3) is 0 Å². The predicted octanol–water partition coefficient (Wildman–Crippen LogP) is 7.04. The Labute approximate surface area is 235 Å². The molecular weight excluding hydrogens is 566 g/mol. The van der Waals surface area contributed by atoms with Crippen LogP contribution in [0.4, 0.5) is 17.6 Å². The third-order valence-corrected chi connectivity index (χ3v) is 6.53. The Hall–Kier alpha value is -4.64. The lowest BCUT2D eigenvalue weighted by molar-refractivity contribution is -0.0489. The van der Waals surface area contributed by atoms with Gasteiger partial charge in [0.2, 0.25) is 5.88 Å². The first-order valence-electron chi connectivity index (χ1n) is 12.1. The number of pyridine rings is 1. The Morgan fingerprint density at radius 1 is 1.02 bits per heavy atom. The van der Waals surface area contributed by atoms with Gasteiger partial charge < -0.3 is 19.1 Å². The number of rotatable bonds is 9. The summed E-state index contributed by atoms with van der Waals surface area (Å²) in [5.74, 6) is -2.24. The highest BCUT2D eigenvalue weighted by Crippen LogP contribution is 2.31. The van der Waals surface area contributed by atoms with Crippen molar-refractivity contribution in [2.24, 2.45) is 7.05 Å². The number of benzene rings is 3. The van der Waals surface area contributed by atoms with Gasteiger partial charge in [-0.3, -0.25) is 0 Å². The lowest BCUT2D eigenvalue weighted by Crippen LogP contribution is -2.05. The van der Waals surface area contributed by atoms with Crippen LogP contribution in [-0.2, 0) is 20.1 Å². The van der Waals surface area contributed by atoms with Crippen LogP contribution in [-0.4, -0.2) is 32.2 Å². The average Bonchev–Trinajstić information content (AvgIpc) is 3.23. The van der Waals surface area contributed by atoms with E-state index in [0.29, 0.717) is 17.1 Å². The largest absolute Gasteiger partial charge is 0.478 e. The quantitative estimate of drug-likeness (QED) is 0.187. The zero-order valence-corrected chi connectivity index (χ0v) is 22.0. The summed E-state index contributed by atoms with van der Waals surface area (Å²) in [5.41, 5.74) is 1.38. The second-order valence-corrected chi connectivity index (χ2v) is 9.43. The fraction of sp³-hybridized carbons (Fsp3) is 0.138. The second-order valence-electron chi connectivity index (χ2n) is 8.99. The Balaban J connectivity index is 1.38. The maximum atomic E-state index is 15.2. The van der Waals surface area contributed by atoms with Crippen molar-refractivity contribution >= 4 is 28.6 Å². The first-order valence-corrected chi connectivity index (χ1v) is 12.5. The number of aromatic nitrogens is 3. The van der Waals surface area contributed by atoms with Crippen molar-refractivity contribution in [3.63, 3.8) is 0 Å². The Morgan fingerprint density at radius 3 is 2.54 bits per heavy atom. The van der Waals surface area contributed by atoms with Crippen LogP contribution in [0.2, 0.25) is 5.02 Å². The molecule has 1 N–H and O–H groups in total. The fourth-order valence-electron chi connectivity index (χ4n) is 4.27. The highest BCUT2D eigenvalue weighted by Gasteiger charge is 2.20. The maximum Gasteiger partial charge on any atom is 0.387 e. The molecule has 5 aromatic rings. The summed E-state index contributed by atoms with van der Waals surface area (Å²) in [6, 6.07) is 15.8. The zero-order valence-electron chi connectivity index (χ0n) is 21.2. The highest BCUT2D eigenvalue weighted by atomic mass is 35.5. The molecule has 0 radical (unpaired) electrons. The number of alkyl halides is 2. The number of ether oxygens (including phenoxy) is 2. The van der Waals surface area contributed by atoms with Crippen LogP contribution in [0.3, 0.4) is 0 Å². The van der Waals surface area contributed by atoms with E-state index in [0.717, 1.165) is 6.07 Å². The van der Waals surface area contributed by atoms with E-state index >= 15 is 4.39 Å². The molecule has 0 aliphatic heterocycles. The number of carbonyl (C=O) groups is 1. The van der Waals surface area contributed by atoms with E-state index in [9.17, 15) is 23.1 Å². The van der Waals surface area contributed by atoms with Crippen LogP contribution >= 0.6 is 11.6 Å². The van der Waals surface area contributed by atoms with Crippen LogP contribution < -0.4 is 9.47 Å². The number of hydrogen-bond donors (Lipinski definition) is 1. The van der Waals surface area contributed by atoms with Gasteiger partial charge in [-0.25, -0.2) is 23.5 Å². The van der Waals surface area contributed by atoms with Crippen LogP contribution in [0.5, 0.6) is 11.6 Å². The molecule has 0 spiro atoms. The molecule has 0 aliphatic carbocycles. The van der Waals surface area contributed by atoms with E-state index < -0.39 is 24.2 Å². The van der Waals surface area contributed by atoms with Gasteiger partial charge in [-0.05, 0) is 48.0 Å². The van der Waals surface area contributed by atoms with Crippen molar-refractivity contribution in [2.45, 2.75) is 19.6 Å². The molecule has 2 heterocycles. The number of imidazole rings is 1. The molecule has 0 fully saturated rings. The summed E-state index contributed by atoms with van der Waals surface area (Å²) in [5, 5.41) is 9.62. The monoisotopic (exact) mass is 585 g/mol. The summed E-state index contributed by atoms with van der Waals surface area (Å²) in [6.07, 6.45) is 0.113. The van der Waals surface area contributed by atoms with E-state index in [1.54, 1.807) is 37.4 Å². The summed E-state index contributed by atoms with van der Waals surface area (Å²) in [4.78, 5) is 20.2. The molecule has 12 heteroatoms. The fourth-order valence-corrected chi connectivity index (χ4v) is 4.43. The first kappa shape index (κ1) is 27.9. The SMILES string of the molecule is Cn1c(Cc2ccc(-c3cccc(OCc4ccc(Cl)cc4F)n3)c(F)c2)nc2c(OC(F)F)cc(C(=O)O)cc21. The molecule has 0 saturated carbocycles. The van der Waals surface area contributed by atoms with Crippen molar-refractivity contribution in [1.82, 2.24) is 14.5 Å². The summed E-state index contributed by atoms with van der Waals surface area (Å²) >= 11 is 5.78. The van der Waals surface area contributed by atoms with Gasteiger partial charge in [0.05, 0.1) is 16.8 Å². The Bertz CT molecular complexity index is 1780. The predicted molar refractivity (Wildman–Crippen MR) is 142 cm³/mol. The molecule has 210 valence electrons. The lowest BCUT2D eigenvalue weighted by Gasteiger charge is -2.10. The molecule has 0 unspecified atom stereocenters. The first-order chi connectivity index (χ1) is 19.6. The highest BCUT2D eigenvalue weighted by molar-refractivity contribution is 6.30. The second kappa shape index (κ2) is 11.5. The normalized spacial score (nSPS) is 11.3. The number of aryl methyl sites for hydroxylation is 1. The Kier molecular flexibility index (Phi) is 7.80. The minimum absolute atomic E-state index is 0.0596. The summed E-state index contributed by atoms with van der Waals surface area (Å²) in [7, 11) is 1.60. The molecule has 41 heavy (non-hydrogen) atoms. The number of carboxylic acids is 1. The molecule has 7 nitrogen and oxygen atoms in total. The third kappa shape index (κ3) is 6.09. The van der Waals surface area contributed by atoms with Crippen LogP contribution in [0.1, 0.15) is 27.3 Å². The van der Waals surface area contributed by atoms with Gasteiger partial charge in [-0.2, -0.15) is 8.78 Å². The molecule has 0 bridgehead atoms. The van der Waals surface area contributed by atoms with E-state index in [1.807, 2.05) is 0 Å². The molecule has 0 atom stereocenters. The number of halogens is 5. The van der Waals surface area contributed by atoms with E-state index in [1.165, 1.54) is 34.9 Å². The molecular formula is C29H20ClF4N3O4. The molecule has 0 aliphatic rings. The molecule has 0 amide bonds. The van der Waals surface area contributed by atoms with E-state index in [4.69, 9.17) is 16.3 Å². The van der Waals surface area contributed by atoms with Gasteiger partial charge in [-0.15, -0.1) is 0 Å². The molecule has 2 aromatic heterocycles. The minimum Gasteiger partial charge on any atom is -0.478 e. The standard InChI is InChI=1S/C29H20ClF4N3O4/c1-37-23-11-17(28(38)39)12-24(41-29(33)34)27(23)36-25(37)10-15-5-8-19(21(32)9-15)22-3-2-4-26(35-22)40-14-16-6-7-18(30)13-20(16)31/h2-9,11-13,29H,10,14H2,1H3,(H,38,39). The van der Waals surface area contributed by atoms with Gasteiger partial charge in [-0.1, -0.05) is 29.8 Å². The number of aromatic carboxylic acids is 1. The zero-order chi connectivity index (χ0) is 29.3. The van der Waals surface area contributed by atoms with Crippen molar-refractivity contribution in [3.05, 3.63) is 106 Å². The Morgan fingerprint density at radius 2 is 1.83 bits per heavy atom. The smallest absolute Gasteiger partial charge is 0.387 e. The van der Waals surface area contributed by atoms with E-state index in [2.05, 4.69) is 14.7 Å². The van der Waals surface area contributed by atoms with Gasteiger partial charge in [0, 0.05) is 35.7 Å². The maximum absolute atomic E-state index is 15.2. The third-order valence-electron chi connectivity index (χ3n) is 6.29. The van der Waals surface area contributed by atoms with Gasteiger partial charge >= 0.3 is 12.6 Å². The molecule has 5 rings (SSSR count). The van der Waals surface area contributed by atoms with Gasteiger partial charge in [0.1, 0.15) is 29.6 Å². The van der Waals surface area contributed by atoms with Crippen molar-refractivity contribution in [1.29, 1.82) is 0 Å². The minimum atomic E-state index is -3.18. The molecule has 0 saturated heterocycles. The summed E-state index contributed by atoms with van der Waals surface area (Å²) < 4.78 is 66.8. The van der Waals surface area contributed by atoms with Crippen molar-refractivity contribution < 1.29 is 36.9 Å². The van der Waals surface area contributed by atoms with Crippen molar-refractivity contribution in [3.8, 4) is 22.9 Å². The van der Waals surface area contributed by atoms with Crippen LogP contribution in [0.25, 0.3) is 22.3 Å². The number of hydrogen-bond acceptors (Lipinski definition) is 5. The van der Waals surface area contributed by atoms with E-state index in [-0.39, 0.29) is 57.4 Å². The lowest BCUT2D eigenvalue weighted by atomic mass is 10.1. The van der Waals surface area contributed by atoms with Crippen LogP contribution in [0.15, 0.2) is 66.7 Å². The van der Waals surface area contributed by atoms with Gasteiger partial charge in [0.15, 0.2) is 5.75 Å². The molecule has 3 aromatic carbocycles. The number of nitrogens with zero attached hydrogens (tertiary/aromatic N) is 3. The number of carboxylic acid groups (broad SMARTS) is 1. The van der Waals surface area contributed by atoms with Crippen molar-refractivity contribution in [2.75, 3.05) is 0 Å². The van der Waals surface area contributed by atoms with Crippen LogP contribution in [0, 0.1) is 11.6 Å². The topological polar surface area (TPSA) is 86.5 Å². The summed E-state index contributed by atoms with van der Waals surface area (Å²) in [6.45, 7) is -3.28. The number of fused-ring (bicyclic) bond motifs is 1. The average molecular weight is 586 g/mol.